The van der Waals surface area contributed by atoms with Crippen LogP contribution in [0.4, 0.5) is 17.1 Å². The van der Waals surface area contributed by atoms with E-state index in [2.05, 4.69) is 10.6 Å². The van der Waals surface area contributed by atoms with Crippen LogP contribution in [0.15, 0.2) is 77.8 Å². The summed E-state index contributed by atoms with van der Waals surface area (Å²) in [5, 5.41) is 18.9. The first-order valence-corrected chi connectivity index (χ1v) is 12.7. The summed E-state index contributed by atoms with van der Waals surface area (Å²) in [5.74, 6) is 0.500. The number of non-ortho nitro benzene ring substituents is 1. The minimum absolute atomic E-state index is 0.0132. The number of aromatic nitrogens is 1. The predicted molar refractivity (Wildman–Crippen MR) is 135 cm³/mol. The first kappa shape index (κ1) is 23.8. The van der Waals surface area contributed by atoms with E-state index in [4.69, 9.17) is 9.47 Å². The van der Waals surface area contributed by atoms with Gasteiger partial charge in [0.15, 0.2) is 0 Å². The van der Waals surface area contributed by atoms with Crippen LogP contribution in [0.5, 0.6) is 5.75 Å². The molecule has 2 N–H and O–H groups in total. The zero-order valence-corrected chi connectivity index (χ0v) is 20.2. The highest BCUT2D eigenvalue weighted by Crippen LogP contribution is 2.37. The Morgan fingerprint density at radius 1 is 1.08 bits per heavy atom. The van der Waals surface area contributed by atoms with Crippen molar-refractivity contribution in [1.29, 1.82) is 0 Å². The highest BCUT2D eigenvalue weighted by Gasteiger charge is 2.27. The van der Waals surface area contributed by atoms with Crippen molar-refractivity contribution in [2.75, 3.05) is 32.1 Å². The first-order chi connectivity index (χ1) is 17.4. The summed E-state index contributed by atoms with van der Waals surface area (Å²) in [4.78, 5) is 11.3. The second-order valence-electron chi connectivity index (χ2n) is 8.22. The molecule has 4 aromatic rings. The van der Waals surface area contributed by atoms with Crippen LogP contribution >= 0.6 is 0 Å². The maximum Gasteiger partial charge on any atom is 0.294 e. The molecule has 0 bridgehead atoms. The third kappa shape index (κ3) is 4.28. The Balaban J connectivity index is 1.61. The van der Waals surface area contributed by atoms with Gasteiger partial charge in [0.05, 0.1) is 29.6 Å². The second-order valence-corrected chi connectivity index (χ2v) is 10.0. The summed E-state index contributed by atoms with van der Waals surface area (Å²) < 4.78 is 38.9. The molecule has 5 rings (SSSR count). The molecule has 11 heteroatoms. The molecule has 186 valence electrons. The zero-order valence-electron chi connectivity index (χ0n) is 19.4. The van der Waals surface area contributed by atoms with Gasteiger partial charge in [-0.15, -0.1) is 0 Å². The third-order valence-corrected chi connectivity index (χ3v) is 7.80. The Hall–Kier alpha value is -3.93. The van der Waals surface area contributed by atoms with Crippen LogP contribution in [0, 0.1) is 10.1 Å². The molecule has 1 fully saturated rings. The number of nitrogens with one attached hydrogen (secondary N) is 2. The van der Waals surface area contributed by atoms with Crippen molar-refractivity contribution in [2.45, 2.75) is 11.0 Å². The number of para-hydroxylation sites is 1. The lowest BCUT2D eigenvalue weighted by Crippen LogP contribution is -2.33. The summed E-state index contributed by atoms with van der Waals surface area (Å²) in [5.41, 5.74) is 1.91. The molecule has 1 aliphatic heterocycles. The van der Waals surface area contributed by atoms with Crippen LogP contribution in [0.25, 0.3) is 10.9 Å². The highest BCUT2D eigenvalue weighted by atomic mass is 32.2. The summed E-state index contributed by atoms with van der Waals surface area (Å²) in [6.45, 7) is 2.03. The van der Waals surface area contributed by atoms with Crippen LogP contribution < -0.4 is 15.4 Å². The molecule has 1 aromatic heterocycles. The predicted octanol–water partition coefficient (Wildman–Crippen LogP) is 4.20. The maximum absolute atomic E-state index is 13.5. The molecule has 0 amide bonds. The Kier molecular flexibility index (Phi) is 6.35. The molecule has 1 unspecified atom stereocenters. The Morgan fingerprint density at radius 3 is 2.56 bits per heavy atom. The number of rotatable bonds is 7. The lowest BCUT2D eigenvalue weighted by Gasteiger charge is -2.26. The third-order valence-electron chi connectivity index (χ3n) is 6.11. The maximum atomic E-state index is 13.5. The minimum Gasteiger partial charge on any atom is -0.497 e. The number of nitro groups is 1. The normalized spacial score (nSPS) is 16.1. The first-order valence-electron chi connectivity index (χ1n) is 11.3. The molecule has 2 heterocycles. The molecule has 1 saturated heterocycles. The van der Waals surface area contributed by atoms with Crippen LogP contribution in [-0.2, 0) is 14.8 Å². The van der Waals surface area contributed by atoms with E-state index in [1.54, 1.807) is 12.1 Å². The van der Waals surface area contributed by atoms with Crippen LogP contribution in [0.2, 0.25) is 0 Å². The second kappa shape index (κ2) is 9.61. The van der Waals surface area contributed by atoms with Crippen LogP contribution in [0.3, 0.4) is 0 Å². The Bertz CT molecular complexity index is 1530. The van der Waals surface area contributed by atoms with E-state index in [1.165, 1.54) is 43.6 Å². The number of hydrogen-bond donors (Lipinski definition) is 2. The quantitative estimate of drug-likeness (QED) is 0.281. The van der Waals surface area contributed by atoms with Crippen molar-refractivity contribution < 1.29 is 22.8 Å². The molecule has 0 saturated carbocycles. The molecule has 0 radical (unpaired) electrons. The van der Waals surface area contributed by atoms with Gasteiger partial charge in [-0.3, -0.25) is 10.1 Å². The Morgan fingerprint density at radius 2 is 1.86 bits per heavy atom. The standard InChI is InChI=1S/C25H24N4O6S/c1-34-17-6-8-18(9-7-17)36(32,33)28-14-12-20-22(10-11-23(25(20)28)29(30)31)27-21-5-3-2-4-19(21)24-16-26-13-15-35-24/h2-12,14,24,26-27H,13,15-16H2,1H3. The van der Waals surface area contributed by atoms with Gasteiger partial charge in [0, 0.05) is 47.7 Å². The van der Waals surface area contributed by atoms with Crippen LogP contribution in [0.1, 0.15) is 11.7 Å². The average molecular weight is 509 g/mol. The van der Waals surface area contributed by atoms with Gasteiger partial charge in [0.2, 0.25) is 0 Å². The fraction of sp³-hybridized carbons (Fsp3) is 0.200. The van der Waals surface area contributed by atoms with E-state index >= 15 is 0 Å². The van der Waals surface area contributed by atoms with Gasteiger partial charge in [-0.1, -0.05) is 18.2 Å². The number of benzene rings is 3. The van der Waals surface area contributed by atoms with Crippen molar-refractivity contribution in [2.24, 2.45) is 0 Å². The van der Waals surface area contributed by atoms with Gasteiger partial charge >= 0.3 is 0 Å². The smallest absolute Gasteiger partial charge is 0.294 e. The van der Waals surface area contributed by atoms with Crippen molar-refractivity contribution in [1.82, 2.24) is 9.29 Å². The number of fused-ring (bicyclic) bond motifs is 1. The zero-order chi connectivity index (χ0) is 25.3. The summed E-state index contributed by atoms with van der Waals surface area (Å²) in [6.07, 6.45) is 1.18. The number of nitro benzene ring substituents is 1. The Labute approximate surface area is 207 Å². The van der Waals surface area contributed by atoms with E-state index in [9.17, 15) is 18.5 Å². The molecule has 1 aliphatic rings. The lowest BCUT2D eigenvalue weighted by molar-refractivity contribution is -0.383. The molecule has 36 heavy (non-hydrogen) atoms. The summed E-state index contributed by atoms with van der Waals surface area (Å²) in [7, 11) is -2.64. The number of anilines is 2. The monoisotopic (exact) mass is 508 g/mol. The van der Waals surface area contributed by atoms with E-state index in [-0.39, 0.29) is 22.2 Å². The number of methoxy groups -OCH3 is 1. The van der Waals surface area contributed by atoms with Gasteiger partial charge in [-0.05, 0) is 42.5 Å². The fourth-order valence-corrected chi connectivity index (χ4v) is 5.69. The number of hydrogen-bond acceptors (Lipinski definition) is 8. The van der Waals surface area contributed by atoms with E-state index in [1.807, 2.05) is 24.3 Å². The van der Waals surface area contributed by atoms with Gasteiger partial charge in [-0.25, -0.2) is 12.4 Å². The largest absolute Gasteiger partial charge is 0.497 e. The summed E-state index contributed by atoms with van der Waals surface area (Å²) in [6, 6.07) is 18.0. The van der Waals surface area contributed by atoms with E-state index in [0.717, 1.165) is 21.8 Å². The fourth-order valence-electron chi connectivity index (χ4n) is 4.33. The van der Waals surface area contributed by atoms with Gasteiger partial charge in [0.1, 0.15) is 11.3 Å². The topological polar surface area (TPSA) is 125 Å². The lowest BCUT2D eigenvalue weighted by atomic mass is 10.1. The molecule has 1 atom stereocenters. The number of morpholine rings is 1. The molecule has 0 spiro atoms. The van der Waals surface area contributed by atoms with Crippen molar-refractivity contribution in [3.8, 4) is 5.75 Å². The molecule has 0 aliphatic carbocycles. The average Bonchev–Trinajstić information content (AvgIpc) is 3.36. The van der Waals surface area contributed by atoms with Crippen molar-refractivity contribution >= 4 is 38.0 Å². The molecule has 10 nitrogen and oxygen atoms in total. The van der Waals surface area contributed by atoms with Crippen molar-refractivity contribution in [3.63, 3.8) is 0 Å². The van der Waals surface area contributed by atoms with Crippen molar-refractivity contribution in [3.05, 3.63) is 88.6 Å². The molecular weight excluding hydrogens is 484 g/mol. The number of nitrogens with zero attached hydrogens (tertiary/aromatic N) is 2. The minimum atomic E-state index is -4.12. The number of ether oxygens (including phenoxy) is 2. The highest BCUT2D eigenvalue weighted by molar-refractivity contribution is 7.90. The van der Waals surface area contributed by atoms with Gasteiger partial charge < -0.3 is 20.1 Å². The van der Waals surface area contributed by atoms with Gasteiger partial charge in [-0.2, -0.15) is 0 Å². The summed E-state index contributed by atoms with van der Waals surface area (Å²) >= 11 is 0. The van der Waals surface area contributed by atoms with Gasteiger partial charge in [0.25, 0.3) is 15.7 Å². The van der Waals surface area contributed by atoms with E-state index < -0.39 is 14.9 Å². The molecular formula is C25H24N4O6S. The molecule has 3 aromatic carbocycles. The van der Waals surface area contributed by atoms with E-state index in [0.29, 0.717) is 30.0 Å². The SMILES string of the molecule is COc1ccc(S(=O)(=O)n2ccc3c(Nc4ccccc4C4CNCCO4)ccc([N+](=O)[O-])c32)cc1. The van der Waals surface area contributed by atoms with Crippen LogP contribution in [-0.4, -0.2) is 44.1 Å².